The van der Waals surface area contributed by atoms with Crippen molar-refractivity contribution < 1.29 is 14.7 Å². The van der Waals surface area contributed by atoms with Gasteiger partial charge < -0.3 is 24.8 Å². The summed E-state index contributed by atoms with van der Waals surface area (Å²) in [7, 11) is 0. The minimum absolute atomic E-state index is 0.0668. The first-order valence-electron chi connectivity index (χ1n) is 11.9. The van der Waals surface area contributed by atoms with Crippen molar-refractivity contribution in [2.45, 2.75) is 45.4 Å². The number of benzene rings is 1. The predicted octanol–water partition coefficient (Wildman–Crippen LogP) is 5.01. The van der Waals surface area contributed by atoms with Gasteiger partial charge in [-0.05, 0) is 51.0 Å². The highest BCUT2D eigenvalue weighted by Crippen LogP contribution is 2.39. The average Bonchev–Trinajstić information content (AvgIpc) is 3.58. The molecule has 0 aliphatic carbocycles. The minimum Gasteiger partial charge on any atom is -0.478 e. The van der Waals surface area contributed by atoms with Crippen LogP contribution in [0.1, 0.15) is 52.5 Å². The number of imidazole rings is 1. The number of hydrogen-bond donors (Lipinski definition) is 2. The molecule has 11 heteroatoms. The Bertz CT molecular complexity index is 1330. The van der Waals surface area contributed by atoms with E-state index in [4.69, 9.17) is 11.6 Å². The third-order valence-electron chi connectivity index (χ3n) is 6.62. The first kappa shape index (κ1) is 25.1. The predicted molar refractivity (Wildman–Crippen MR) is 145 cm³/mol. The van der Waals surface area contributed by atoms with Gasteiger partial charge in [0.15, 0.2) is 0 Å². The van der Waals surface area contributed by atoms with Gasteiger partial charge in [0.05, 0.1) is 33.5 Å². The highest BCUT2D eigenvalue weighted by atomic mass is 35.5. The number of carboxylic acid groups (broad SMARTS) is 1. The van der Waals surface area contributed by atoms with Crippen LogP contribution in [0.2, 0.25) is 4.34 Å². The molecule has 36 heavy (non-hydrogen) atoms. The molecule has 2 aromatic heterocycles. The summed E-state index contributed by atoms with van der Waals surface area (Å²) in [6.07, 6.45) is 3.79. The molecule has 3 aromatic rings. The SMILES string of the molecule is CC(C)N1CCC(NC(=O)c2nc3cccc(C(=O)O)c3n2CN2C=C(c3ccc(Cl)s3)SC2)CC1. The van der Waals surface area contributed by atoms with E-state index in [0.717, 1.165) is 40.0 Å². The Labute approximate surface area is 222 Å². The third-order valence-corrected chi connectivity index (χ3v) is 9.11. The fourth-order valence-corrected chi connectivity index (χ4v) is 6.86. The minimum atomic E-state index is -1.05. The molecule has 1 amide bonds. The van der Waals surface area contributed by atoms with Gasteiger partial charge in [0, 0.05) is 41.2 Å². The topological polar surface area (TPSA) is 90.7 Å². The summed E-state index contributed by atoms with van der Waals surface area (Å²) in [6.45, 7) is 6.56. The number of carboxylic acids is 1. The van der Waals surface area contributed by atoms with Crippen molar-refractivity contribution in [2.24, 2.45) is 0 Å². The Hall–Kier alpha value is -2.53. The maximum atomic E-state index is 13.5. The molecule has 190 valence electrons. The summed E-state index contributed by atoms with van der Waals surface area (Å²) in [5.74, 6) is -0.410. The molecule has 2 aliphatic heterocycles. The first-order chi connectivity index (χ1) is 17.3. The fraction of sp³-hybridized carbons (Fsp3) is 0.400. The van der Waals surface area contributed by atoms with Crippen LogP contribution >= 0.6 is 34.7 Å². The van der Waals surface area contributed by atoms with E-state index in [1.54, 1.807) is 34.5 Å². The molecule has 1 saturated heterocycles. The van der Waals surface area contributed by atoms with Crippen LogP contribution < -0.4 is 5.32 Å². The van der Waals surface area contributed by atoms with Gasteiger partial charge in [0.2, 0.25) is 5.82 Å². The summed E-state index contributed by atoms with van der Waals surface area (Å²) in [5, 5.41) is 13.0. The number of nitrogens with zero attached hydrogens (tertiary/aromatic N) is 4. The van der Waals surface area contributed by atoms with Crippen molar-refractivity contribution in [1.29, 1.82) is 0 Å². The lowest BCUT2D eigenvalue weighted by molar-refractivity contribution is 0.0697. The Kier molecular flexibility index (Phi) is 7.30. The Morgan fingerprint density at radius 2 is 2.00 bits per heavy atom. The fourth-order valence-electron chi connectivity index (χ4n) is 4.72. The number of aromatic nitrogens is 2. The van der Waals surface area contributed by atoms with Crippen molar-refractivity contribution in [3.05, 3.63) is 57.1 Å². The zero-order valence-corrected chi connectivity index (χ0v) is 22.5. The van der Waals surface area contributed by atoms with E-state index in [1.165, 1.54) is 11.3 Å². The van der Waals surface area contributed by atoms with E-state index in [-0.39, 0.29) is 23.3 Å². The summed E-state index contributed by atoms with van der Waals surface area (Å²) in [6, 6.07) is 9.40. The van der Waals surface area contributed by atoms with Crippen molar-refractivity contribution in [1.82, 2.24) is 24.7 Å². The highest BCUT2D eigenvalue weighted by Gasteiger charge is 2.28. The number of carbonyl (C=O) groups is 2. The van der Waals surface area contributed by atoms with Gasteiger partial charge >= 0.3 is 5.97 Å². The maximum absolute atomic E-state index is 13.5. The lowest BCUT2D eigenvalue weighted by Crippen LogP contribution is -2.47. The molecule has 2 aliphatic rings. The van der Waals surface area contributed by atoms with E-state index in [9.17, 15) is 14.7 Å². The summed E-state index contributed by atoms with van der Waals surface area (Å²) in [5.41, 5.74) is 1.08. The van der Waals surface area contributed by atoms with Gasteiger partial charge in [-0.25, -0.2) is 9.78 Å². The summed E-state index contributed by atoms with van der Waals surface area (Å²) in [4.78, 5) is 36.7. The number of thioether (sulfide) groups is 1. The van der Waals surface area contributed by atoms with E-state index in [2.05, 4.69) is 33.9 Å². The number of aromatic carboxylic acids is 1. The molecule has 0 bridgehead atoms. The van der Waals surface area contributed by atoms with Gasteiger partial charge in [-0.15, -0.1) is 23.1 Å². The number of halogens is 1. The number of piperidine rings is 1. The van der Waals surface area contributed by atoms with E-state index >= 15 is 0 Å². The second kappa shape index (κ2) is 10.5. The molecule has 0 spiro atoms. The van der Waals surface area contributed by atoms with Crippen LogP contribution in [-0.2, 0) is 6.67 Å². The van der Waals surface area contributed by atoms with Crippen molar-refractivity contribution >= 4 is 62.5 Å². The van der Waals surface area contributed by atoms with Crippen molar-refractivity contribution in [3.8, 4) is 0 Å². The van der Waals surface area contributed by atoms with Gasteiger partial charge in [0.25, 0.3) is 5.91 Å². The average molecular weight is 546 g/mol. The standard InChI is InChI=1S/C25H28ClN5O3S2/c1-15(2)30-10-8-16(9-11-30)27-24(32)23-28-18-5-3-4-17(25(33)34)22(18)31(23)13-29-12-20(35-14-29)19-6-7-21(26)36-19/h3-7,12,15-16H,8-11,13-14H2,1-2H3,(H,27,32)(H,33,34). The second-order valence-corrected chi connectivity index (χ2v) is 12.0. The maximum Gasteiger partial charge on any atom is 0.337 e. The number of carbonyl (C=O) groups excluding carboxylic acids is 1. The van der Waals surface area contributed by atoms with Gasteiger partial charge in [-0.3, -0.25) is 4.79 Å². The zero-order chi connectivity index (χ0) is 25.4. The van der Waals surface area contributed by atoms with E-state index in [0.29, 0.717) is 29.6 Å². The Balaban J connectivity index is 1.43. The Morgan fingerprint density at radius 1 is 1.22 bits per heavy atom. The third kappa shape index (κ3) is 5.13. The molecule has 4 heterocycles. The molecule has 1 fully saturated rings. The van der Waals surface area contributed by atoms with Gasteiger partial charge in [-0.1, -0.05) is 17.7 Å². The molecular formula is C25H28ClN5O3S2. The normalized spacial score (nSPS) is 17.2. The van der Waals surface area contributed by atoms with Crippen LogP contribution in [-0.4, -0.2) is 67.4 Å². The quantitative estimate of drug-likeness (QED) is 0.431. The van der Waals surface area contributed by atoms with Crippen LogP contribution in [0.25, 0.3) is 15.9 Å². The molecule has 5 rings (SSSR count). The van der Waals surface area contributed by atoms with Crippen molar-refractivity contribution in [3.63, 3.8) is 0 Å². The number of amides is 1. The lowest BCUT2D eigenvalue weighted by atomic mass is 10.0. The first-order valence-corrected chi connectivity index (χ1v) is 14.1. The van der Waals surface area contributed by atoms with Crippen molar-refractivity contribution in [2.75, 3.05) is 19.0 Å². The summed E-state index contributed by atoms with van der Waals surface area (Å²) < 4.78 is 2.47. The Morgan fingerprint density at radius 3 is 2.67 bits per heavy atom. The number of hydrogen-bond acceptors (Lipinski definition) is 7. The molecule has 0 unspecified atom stereocenters. The number of likely N-dealkylation sites (tertiary alicyclic amines) is 1. The highest BCUT2D eigenvalue weighted by molar-refractivity contribution is 8.08. The molecule has 8 nitrogen and oxygen atoms in total. The molecule has 0 radical (unpaired) electrons. The second-order valence-electron chi connectivity index (χ2n) is 9.32. The number of fused-ring (bicyclic) bond motifs is 1. The molecule has 0 saturated carbocycles. The number of thiophene rings is 1. The number of rotatable bonds is 7. The molecule has 2 N–H and O–H groups in total. The lowest BCUT2D eigenvalue weighted by Gasteiger charge is -2.34. The van der Waals surface area contributed by atoms with Crippen LogP contribution in [0.15, 0.2) is 36.5 Å². The summed E-state index contributed by atoms with van der Waals surface area (Å²) >= 11 is 9.32. The monoisotopic (exact) mass is 545 g/mol. The molecular weight excluding hydrogens is 518 g/mol. The molecule has 1 aromatic carbocycles. The van der Waals surface area contributed by atoms with Crippen LogP contribution in [0.4, 0.5) is 0 Å². The van der Waals surface area contributed by atoms with Crippen LogP contribution in [0.3, 0.4) is 0 Å². The van der Waals surface area contributed by atoms with E-state index in [1.807, 2.05) is 18.3 Å². The molecule has 0 atom stereocenters. The van der Waals surface area contributed by atoms with Crippen LogP contribution in [0.5, 0.6) is 0 Å². The van der Waals surface area contributed by atoms with E-state index < -0.39 is 5.97 Å². The van der Waals surface area contributed by atoms with Crippen LogP contribution in [0, 0.1) is 0 Å². The van der Waals surface area contributed by atoms with Gasteiger partial charge in [-0.2, -0.15) is 0 Å². The number of para-hydroxylation sites is 1. The zero-order valence-electron chi connectivity index (χ0n) is 20.1. The van der Waals surface area contributed by atoms with Gasteiger partial charge in [0.1, 0.15) is 0 Å². The smallest absolute Gasteiger partial charge is 0.337 e. The number of nitrogens with one attached hydrogen (secondary N) is 1. The largest absolute Gasteiger partial charge is 0.478 e.